The minimum Gasteiger partial charge on any atom is -0.493 e. The van der Waals surface area contributed by atoms with Crippen molar-refractivity contribution in [3.63, 3.8) is 0 Å². The highest BCUT2D eigenvalue weighted by Crippen LogP contribution is 2.41. The van der Waals surface area contributed by atoms with Crippen molar-refractivity contribution in [3.8, 4) is 11.8 Å². The van der Waals surface area contributed by atoms with Crippen LogP contribution in [-0.2, 0) is 29.1 Å². The molecule has 290 valence electrons. The number of carbonyl (C=O) groups is 3. The van der Waals surface area contributed by atoms with Crippen molar-refractivity contribution in [2.45, 2.75) is 36.6 Å². The highest BCUT2D eigenvalue weighted by Gasteiger charge is 2.28. The molecular formula is C47H41N5O4S2. The van der Waals surface area contributed by atoms with Crippen LogP contribution in [0.15, 0.2) is 150 Å². The average Bonchev–Trinajstić information content (AvgIpc) is 3.60. The SMILES string of the molecule is CCOc1ccccc1/C=C(/NC(=O)c1ccccc1)C(=O)Nc1cccc(SC(C(=O)Nc2sc3c(c2C#N)CCN(Cc2ccccc2)C3)c2ccccc2)c1. The topological polar surface area (TPSA) is 124 Å². The third-order valence-corrected chi connectivity index (χ3v) is 11.8. The lowest BCUT2D eigenvalue weighted by Gasteiger charge is -2.26. The zero-order valence-corrected chi connectivity index (χ0v) is 33.4. The first-order valence-electron chi connectivity index (χ1n) is 18.9. The summed E-state index contributed by atoms with van der Waals surface area (Å²) in [6, 6.07) is 45.4. The van der Waals surface area contributed by atoms with E-state index < -0.39 is 17.1 Å². The molecule has 9 nitrogen and oxygen atoms in total. The minimum absolute atomic E-state index is 0.0238. The first-order valence-corrected chi connectivity index (χ1v) is 20.6. The molecule has 1 aromatic heterocycles. The van der Waals surface area contributed by atoms with Crippen LogP contribution in [0.4, 0.5) is 10.7 Å². The quantitative estimate of drug-likeness (QED) is 0.0741. The number of rotatable bonds is 14. The summed E-state index contributed by atoms with van der Waals surface area (Å²) in [4.78, 5) is 45.7. The van der Waals surface area contributed by atoms with Gasteiger partial charge in [-0.2, -0.15) is 5.26 Å². The van der Waals surface area contributed by atoms with Gasteiger partial charge in [-0.15, -0.1) is 23.1 Å². The normalized spacial score (nSPS) is 13.1. The van der Waals surface area contributed by atoms with Crippen LogP contribution < -0.4 is 20.7 Å². The first kappa shape index (κ1) is 39.8. The van der Waals surface area contributed by atoms with Crippen LogP contribution in [0.2, 0.25) is 0 Å². The molecule has 6 aromatic rings. The van der Waals surface area contributed by atoms with Crippen LogP contribution in [0.5, 0.6) is 5.75 Å². The van der Waals surface area contributed by atoms with Gasteiger partial charge in [0.25, 0.3) is 11.8 Å². The van der Waals surface area contributed by atoms with Crippen molar-refractivity contribution in [1.82, 2.24) is 10.2 Å². The van der Waals surface area contributed by atoms with Gasteiger partial charge in [-0.25, -0.2) is 0 Å². The van der Waals surface area contributed by atoms with Crippen LogP contribution >= 0.6 is 23.1 Å². The number of nitrogens with zero attached hydrogens (tertiary/aromatic N) is 2. The fraction of sp³-hybridized carbons (Fsp3) is 0.149. The van der Waals surface area contributed by atoms with Crippen LogP contribution in [-0.4, -0.2) is 35.8 Å². The number of fused-ring (bicyclic) bond motifs is 1. The molecule has 0 saturated carbocycles. The Balaban J connectivity index is 1.11. The second kappa shape index (κ2) is 19.1. The van der Waals surface area contributed by atoms with E-state index in [1.54, 1.807) is 54.6 Å². The summed E-state index contributed by atoms with van der Waals surface area (Å²) in [7, 11) is 0. The van der Waals surface area contributed by atoms with Crippen LogP contribution in [0.1, 0.15) is 55.2 Å². The molecule has 0 fully saturated rings. The van der Waals surface area contributed by atoms with E-state index in [4.69, 9.17) is 4.74 Å². The molecule has 1 atom stereocenters. The fourth-order valence-corrected chi connectivity index (χ4v) is 9.01. The van der Waals surface area contributed by atoms with Crippen LogP contribution in [0.25, 0.3) is 6.08 Å². The highest BCUT2D eigenvalue weighted by atomic mass is 32.2. The molecule has 3 N–H and O–H groups in total. The van der Waals surface area contributed by atoms with E-state index in [1.165, 1.54) is 28.7 Å². The Bertz CT molecular complexity index is 2460. The Labute approximate surface area is 346 Å². The van der Waals surface area contributed by atoms with Crippen molar-refractivity contribution in [2.75, 3.05) is 23.8 Å². The Morgan fingerprint density at radius 1 is 0.879 bits per heavy atom. The lowest BCUT2D eigenvalue weighted by atomic mass is 10.0. The molecule has 58 heavy (non-hydrogen) atoms. The molecule has 11 heteroatoms. The van der Waals surface area contributed by atoms with Crippen molar-refractivity contribution in [1.29, 1.82) is 5.26 Å². The molecule has 0 spiro atoms. The maximum atomic E-state index is 14.3. The van der Waals surface area contributed by atoms with Gasteiger partial charge in [-0.3, -0.25) is 19.3 Å². The molecule has 0 aliphatic carbocycles. The molecular weight excluding hydrogens is 763 g/mol. The number of amides is 3. The number of hydrogen-bond donors (Lipinski definition) is 3. The Morgan fingerprint density at radius 2 is 1.59 bits per heavy atom. The number of thioether (sulfide) groups is 1. The molecule has 1 aliphatic rings. The third kappa shape index (κ3) is 9.91. The van der Waals surface area contributed by atoms with Crippen molar-refractivity contribution in [2.24, 2.45) is 0 Å². The highest BCUT2D eigenvalue weighted by molar-refractivity contribution is 8.00. The largest absolute Gasteiger partial charge is 0.493 e. The zero-order valence-electron chi connectivity index (χ0n) is 31.8. The second-order valence-corrected chi connectivity index (χ2v) is 15.8. The van der Waals surface area contributed by atoms with Gasteiger partial charge in [-0.1, -0.05) is 103 Å². The second-order valence-electron chi connectivity index (χ2n) is 13.5. The van der Waals surface area contributed by atoms with E-state index in [9.17, 15) is 19.6 Å². The van der Waals surface area contributed by atoms with Gasteiger partial charge in [0.15, 0.2) is 0 Å². The number of ether oxygens (including phenoxy) is 1. The Hall–Kier alpha value is -6.45. The van der Waals surface area contributed by atoms with Crippen LogP contribution in [0.3, 0.4) is 0 Å². The van der Waals surface area contributed by atoms with Crippen molar-refractivity contribution < 1.29 is 19.1 Å². The van der Waals surface area contributed by atoms with Gasteiger partial charge < -0.3 is 20.7 Å². The standard InChI is InChI=1S/C47H41N5O4S2/c1-2-56-41-24-13-12-21-35(41)27-40(50-44(53)34-19-10-5-11-20-34)45(54)49-36-22-14-23-37(28-36)57-43(33-17-8-4-9-18-33)46(55)51-47-39(29-48)38-25-26-52(31-42(38)58-47)30-32-15-6-3-7-16-32/h3-24,27-28,43H,2,25-26,30-31H2,1H3,(H,49,54)(H,50,53)(H,51,55)/b40-27+. The van der Waals surface area contributed by atoms with Gasteiger partial charge >= 0.3 is 0 Å². The summed E-state index contributed by atoms with van der Waals surface area (Å²) in [5, 5.41) is 19.0. The predicted molar refractivity (Wildman–Crippen MR) is 232 cm³/mol. The zero-order chi connectivity index (χ0) is 40.3. The van der Waals surface area contributed by atoms with Gasteiger partial charge in [0, 0.05) is 46.2 Å². The van der Waals surface area contributed by atoms with E-state index in [2.05, 4.69) is 39.1 Å². The molecule has 0 saturated heterocycles. The van der Waals surface area contributed by atoms with Crippen molar-refractivity contribution in [3.05, 3.63) is 183 Å². The summed E-state index contributed by atoms with van der Waals surface area (Å²) in [5.41, 5.74) is 5.08. The van der Waals surface area contributed by atoms with E-state index in [-0.39, 0.29) is 11.6 Å². The van der Waals surface area contributed by atoms with Gasteiger partial charge in [0.05, 0.1) is 12.2 Å². The summed E-state index contributed by atoms with van der Waals surface area (Å²) in [6.07, 6.45) is 2.33. The van der Waals surface area contributed by atoms with E-state index in [0.29, 0.717) is 46.3 Å². The number of thiophene rings is 1. The van der Waals surface area contributed by atoms with Crippen LogP contribution in [0, 0.1) is 11.3 Å². The van der Waals surface area contributed by atoms with E-state index in [0.717, 1.165) is 40.4 Å². The first-order chi connectivity index (χ1) is 28.4. The monoisotopic (exact) mass is 803 g/mol. The lowest BCUT2D eigenvalue weighted by Crippen LogP contribution is -2.30. The number of benzene rings is 5. The maximum Gasteiger partial charge on any atom is 0.272 e. The molecule has 1 aliphatic heterocycles. The van der Waals surface area contributed by atoms with Crippen molar-refractivity contribution >= 4 is 57.6 Å². The summed E-state index contributed by atoms with van der Waals surface area (Å²) < 4.78 is 5.79. The molecule has 5 aromatic carbocycles. The molecule has 2 heterocycles. The smallest absolute Gasteiger partial charge is 0.272 e. The van der Waals surface area contributed by atoms with Gasteiger partial charge in [0.1, 0.15) is 27.8 Å². The molecule has 1 unspecified atom stereocenters. The average molecular weight is 804 g/mol. The lowest BCUT2D eigenvalue weighted by molar-refractivity contribution is -0.116. The maximum absolute atomic E-state index is 14.3. The summed E-state index contributed by atoms with van der Waals surface area (Å²) in [5.74, 6) is -0.665. The van der Waals surface area contributed by atoms with E-state index >= 15 is 0 Å². The fourth-order valence-electron chi connectivity index (χ4n) is 6.68. The number of anilines is 2. The number of hydrogen-bond acceptors (Lipinski definition) is 8. The Kier molecular flexibility index (Phi) is 13.1. The number of carbonyl (C=O) groups excluding carboxylic acids is 3. The Morgan fingerprint density at radius 3 is 2.33 bits per heavy atom. The predicted octanol–water partition coefficient (Wildman–Crippen LogP) is 9.46. The number of nitriles is 1. The van der Waals surface area contributed by atoms with Gasteiger partial charge in [0.2, 0.25) is 5.91 Å². The summed E-state index contributed by atoms with van der Waals surface area (Å²) >= 11 is 2.81. The third-order valence-electron chi connectivity index (χ3n) is 9.47. The van der Waals surface area contributed by atoms with E-state index in [1.807, 2.05) is 85.8 Å². The number of nitrogens with one attached hydrogen (secondary N) is 3. The van der Waals surface area contributed by atoms with Gasteiger partial charge in [-0.05, 0) is 72.5 Å². The molecule has 0 bridgehead atoms. The molecule has 3 amide bonds. The minimum atomic E-state index is -0.678. The number of para-hydroxylation sites is 1. The molecule has 0 radical (unpaired) electrons. The summed E-state index contributed by atoms with van der Waals surface area (Å²) in [6.45, 7) is 4.66. The molecule has 7 rings (SSSR count).